The number of benzene rings is 2. The number of aromatic nitrogens is 1. The number of nitrogens with zero attached hydrogens (tertiary/aromatic N) is 1. The van der Waals surface area contributed by atoms with Gasteiger partial charge < -0.3 is 5.11 Å². The van der Waals surface area contributed by atoms with Gasteiger partial charge in [-0.05, 0) is 41.5 Å². The average Bonchev–Trinajstić information content (AvgIpc) is 2.46. The van der Waals surface area contributed by atoms with Crippen molar-refractivity contribution in [2.24, 2.45) is 0 Å². The summed E-state index contributed by atoms with van der Waals surface area (Å²) in [6.07, 6.45) is 0.894. The SMILES string of the molecule is OC(c1cccc(F)c1)c1ccc2ncccc2c1. The molecule has 0 saturated heterocycles. The Bertz CT molecular complexity index is 727. The van der Waals surface area contributed by atoms with Crippen molar-refractivity contribution in [2.75, 3.05) is 0 Å². The Kier molecular flexibility index (Phi) is 2.97. The molecule has 0 fully saturated rings. The van der Waals surface area contributed by atoms with Gasteiger partial charge in [0.25, 0.3) is 0 Å². The van der Waals surface area contributed by atoms with Crippen molar-refractivity contribution < 1.29 is 9.50 Å². The lowest BCUT2D eigenvalue weighted by Crippen LogP contribution is -2.00. The second kappa shape index (κ2) is 4.78. The molecule has 3 aromatic rings. The fourth-order valence-electron chi connectivity index (χ4n) is 2.13. The Morgan fingerprint density at radius 2 is 1.79 bits per heavy atom. The van der Waals surface area contributed by atoms with Gasteiger partial charge in [0.15, 0.2) is 0 Å². The van der Waals surface area contributed by atoms with E-state index in [1.807, 2.05) is 30.3 Å². The highest BCUT2D eigenvalue weighted by molar-refractivity contribution is 5.79. The molecule has 2 nitrogen and oxygen atoms in total. The molecule has 1 aromatic heterocycles. The standard InChI is InChI=1S/C16H12FNO/c17-14-5-1-3-12(10-14)16(19)13-6-7-15-11(9-13)4-2-8-18-15/h1-10,16,19H. The van der Waals surface area contributed by atoms with Gasteiger partial charge in [0.2, 0.25) is 0 Å². The van der Waals surface area contributed by atoms with Gasteiger partial charge in [0, 0.05) is 11.6 Å². The second-order valence-electron chi connectivity index (χ2n) is 4.41. The second-order valence-corrected chi connectivity index (χ2v) is 4.41. The van der Waals surface area contributed by atoms with Gasteiger partial charge in [-0.1, -0.05) is 24.3 Å². The van der Waals surface area contributed by atoms with Gasteiger partial charge in [-0.15, -0.1) is 0 Å². The van der Waals surface area contributed by atoms with E-state index in [4.69, 9.17) is 0 Å². The topological polar surface area (TPSA) is 33.1 Å². The van der Waals surface area contributed by atoms with Crippen LogP contribution in [0, 0.1) is 5.82 Å². The van der Waals surface area contributed by atoms with Crippen molar-refractivity contribution in [2.45, 2.75) is 6.10 Å². The Morgan fingerprint density at radius 1 is 0.947 bits per heavy atom. The Morgan fingerprint density at radius 3 is 2.63 bits per heavy atom. The highest BCUT2D eigenvalue weighted by Gasteiger charge is 2.11. The third-order valence-corrected chi connectivity index (χ3v) is 3.11. The molecule has 0 radical (unpaired) electrons. The van der Waals surface area contributed by atoms with E-state index in [2.05, 4.69) is 4.98 Å². The van der Waals surface area contributed by atoms with Crippen LogP contribution in [0.5, 0.6) is 0 Å². The zero-order valence-electron chi connectivity index (χ0n) is 10.1. The first-order chi connectivity index (χ1) is 9.24. The lowest BCUT2D eigenvalue weighted by molar-refractivity contribution is 0.220. The first-order valence-electron chi connectivity index (χ1n) is 6.02. The molecule has 19 heavy (non-hydrogen) atoms. The van der Waals surface area contributed by atoms with E-state index in [0.29, 0.717) is 5.56 Å². The zero-order chi connectivity index (χ0) is 13.2. The van der Waals surface area contributed by atoms with Gasteiger partial charge in [-0.3, -0.25) is 4.98 Å². The predicted octanol–water partition coefficient (Wildman–Crippen LogP) is 3.46. The summed E-state index contributed by atoms with van der Waals surface area (Å²) >= 11 is 0. The molecule has 0 bridgehead atoms. The summed E-state index contributed by atoms with van der Waals surface area (Å²) in [5.41, 5.74) is 2.15. The zero-order valence-corrected chi connectivity index (χ0v) is 10.1. The average molecular weight is 253 g/mol. The Balaban J connectivity index is 2.04. The van der Waals surface area contributed by atoms with Gasteiger partial charge in [0.05, 0.1) is 5.52 Å². The van der Waals surface area contributed by atoms with E-state index in [-0.39, 0.29) is 5.82 Å². The fraction of sp³-hybridized carbons (Fsp3) is 0.0625. The molecule has 1 atom stereocenters. The molecular formula is C16H12FNO. The summed E-state index contributed by atoms with van der Waals surface area (Å²) in [4.78, 5) is 4.23. The maximum absolute atomic E-state index is 13.2. The third-order valence-electron chi connectivity index (χ3n) is 3.11. The van der Waals surface area contributed by atoms with Crippen molar-refractivity contribution in [3.05, 3.63) is 77.7 Å². The van der Waals surface area contributed by atoms with Crippen molar-refractivity contribution in [1.82, 2.24) is 4.98 Å². The molecule has 1 heterocycles. The van der Waals surface area contributed by atoms with Crippen LogP contribution in [0.4, 0.5) is 4.39 Å². The highest BCUT2D eigenvalue weighted by atomic mass is 19.1. The fourth-order valence-corrected chi connectivity index (χ4v) is 2.13. The highest BCUT2D eigenvalue weighted by Crippen LogP contribution is 2.25. The lowest BCUT2D eigenvalue weighted by Gasteiger charge is -2.12. The van der Waals surface area contributed by atoms with Crippen LogP contribution in [0.25, 0.3) is 10.9 Å². The van der Waals surface area contributed by atoms with Crippen LogP contribution >= 0.6 is 0 Å². The first kappa shape index (κ1) is 11.8. The van der Waals surface area contributed by atoms with E-state index in [1.54, 1.807) is 18.3 Å². The van der Waals surface area contributed by atoms with E-state index < -0.39 is 6.10 Å². The predicted molar refractivity (Wildman–Crippen MR) is 72.2 cm³/mol. The molecule has 94 valence electrons. The van der Waals surface area contributed by atoms with Crippen LogP contribution in [0.2, 0.25) is 0 Å². The number of aliphatic hydroxyl groups is 1. The minimum Gasteiger partial charge on any atom is -0.384 e. The Labute approximate surface area is 110 Å². The molecular weight excluding hydrogens is 241 g/mol. The molecule has 0 amide bonds. The van der Waals surface area contributed by atoms with E-state index in [1.165, 1.54) is 12.1 Å². The summed E-state index contributed by atoms with van der Waals surface area (Å²) in [6.45, 7) is 0. The van der Waals surface area contributed by atoms with Crippen molar-refractivity contribution in [3.8, 4) is 0 Å². The number of aliphatic hydroxyl groups excluding tert-OH is 1. The molecule has 0 aliphatic rings. The van der Waals surface area contributed by atoms with Gasteiger partial charge in [-0.25, -0.2) is 4.39 Å². The summed E-state index contributed by atoms with van der Waals surface area (Å²) < 4.78 is 13.2. The van der Waals surface area contributed by atoms with Crippen LogP contribution in [0.3, 0.4) is 0 Å². The summed E-state index contributed by atoms with van der Waals surface area (Å²) in [7, 11) is 0. The molecule has 3 heteroatoms. The van der Waals surface area contributed by atoms with Crippen molar-refractivity contribution in [3.63, 3.8) is 0 Å². The number of pyridine rings is 1. The number of rotatable bonds is 2. The molecule has 0 saturated carbocycles. The smallest absolute Gasteiger partial charge is 0.123 e. The van der Waals surface area contributed by atoms with E-state index in [9.17, 15) is 9.50 Å². The number of hydrogen-bond acceptors (Lipinski definition) is 2. The van der Waals surface area contributed by atoms with Crippen LogP contribution in [-0.2, 0) is 0 Å². The van der Waals surface area contributed by atoms with Crippen LogP contribution in [0.1, 0.15) is 17.2 Å². The molecule has 2 aromatic carbocycles. The number of halogens is 1. The molecule has 1 unspecified atom stereocenters. The normalized spacial score (nSPS) is 12.5. The molecule has 3 rings (SSSR count). The third kappa shape index (κ3) is 2.33. The Hall–Kier alpha value is -2.26. The minimum absolute atomic E-state index is 0.348. The summed E-state index contributed by atoms with van der Waals surface area (Å²) in [5, 5.41) is 11.2. The van der Waals surface area contributed by atoms with Gasteiger partial charge in [0.1, 0.15) is 11.9 Å². The van der Waals surface area contributed by atoms with Crippen molar-refractivity contribution >= 4 is 10.9 Å². The molecule has 0 aliphatic carbocycles. The summed E-state index contributed by atoms with van der Waals surface area (Å²) in [6, 6.07) is 15.3. The maximum Gasteiger partial charge on any atom is 0.123 e. The van der Waals surface area contributed by atoms with Crippen molar-refractivity contribution in [1.29, 1.82) is 0 Å². The molecule has 0 aliphatic heterocycles. The number of hydrogen-bond donors (Lipinski definition) is 1. The minimum atomic E-state index is -0.833. The molecule has 0 spiro atoms. The van der Waals surface area contributed by atoms with Gasteiger partial charge >= 0.3 is 0 Å². The quantitative estimate of drug-likeness (QED) is 0.758. The molecule has 1 N–H and O–H groups in total. The number of fused-ring (bicyclic) bond motifs is 1. The monoisotopic (exact) mass is 253 g/mol. The van der Waals surface area contributed by atoms with Crippen LogP contribution in [-0.4, -0.2) is 10.1 Å². The van der Waals surface area contributed by atoms with Crippen LogP contribution < -0.4 is 0 Å². The maximum atomic E-state index is 13.2. The lowest BCUT2D eigenvalue weighted by atomic mass is 10.00. The summed E-state index contributed by atoms with van der Waals surface area (Å²) in [5.74, 6) is -0.348. The van der Waals surface area contributed by atoms with Gasteiger partial charge in [-0.2, -0.15) is 0 Å². The van der Waals surface area contributed by atoms with E-state index in [0.717, 1.165) is 16.5 Å². The largest absolute Gasteiger partial charge is 0.384 e. The first-order valence-corrected chi connectivity index (χ1v) is 6.02. The van der Waals surface area contributed by atoms with E-state index >= 15 is 0 Å². The van der Waals surface area contributed by atoms with Crippen LogP contribution in [0.15, 0.2) is 60.8 Å².